The van der Waals surface area contributed by atoms with Gasteiger partial charge < -0.3 is 18.6 Å². The fourth-order valence-corrected chi connectivity index (χ4v) is 17.1. The average Bonchev–Trinajstić information content (AvgIpc) is 4.11. The van der Waals surface area contributed by atoms with Gasteiger partial charge in [-0.1, -0.05) is 224 Å². The molecule has 394 valence electrons. The minimum atomic E-state index is -1.82. The van der Waals surface area contributed by atoms with Crippen molar-refractivity contribution >= 4 is 163 Å². The van der Waals surface area contributed by atoms with E-state index in [1.165, 1.54) is 86.9 Å². The van der Waals surface area contributed by atoms with Crippen LogP contribution in [0.1, 0.15) is 50.7 Å². The molecule has 0 N–H and O–H groups in total. The third kappa shape index (κ3) is 8.65. The van der Waals surface area contributed by atoms with Crippen LogP contribution in [0.4, 0.5) is 34.1 Å². The van der Waals surface area contributed by atoms with Gasteiger partial charge in [-0.3, -0.25) is 0 Å². The fourth-order valence-electron chi connectivity index (χ4n) is 12.2. The smallest absolute Gasteiger partial charge is 0.159 e. The zero-order valence-electron chi connectivity index (χ0n) is 48.9. The Morgan fingerprint density at radius 3 is 0.962 bits per heavy atom. The second-order valence-electron chi connectivity index (χ2n) is 27.1. The molecule has 0 fully saturated rings. The number of hydrogen-bond donors (Lipinski definition) is 0. The van der Waals surface area contributed by atoms with Crippen LogP contribution in [0.5, 0.6) is 0 Å². The van der Waals surface area contributed by atoms with Gasteiger partial charge in [-0.15, -0.1) is 0 Å². The van der Waals surface area contributed by atoms with E-state index in [9.17, 15) is 0 Å². The predicted octanol–water partition coefficient (Wildman–Crippen LogP) is 19.8. The van der Waals surface area contributed by atoms with Gasteiger partial charge in [0.05, 0.1) is 55.0 Å². The summed E-state index contributed by atoms with van der Waals surface area (Å²) < 4.78 is 14.1. The van der Waals surface area contributed by atoms with Crippen LogP contribution < -0.4 is 30.5 Å². The van der Waals surface area contributed by atoms with Crippen molar-refractivity contribution in [3.8, 4) is 0 Å². The Morgan fingerprint density at radius 1 is 0.308 bits per heavy atom. The summed E-state index contributed by atoms with van der Waals surface area (Å²) in [6, 6.07) is 60.7. The molecule has 0 radical (unpaired) electrons. The first-order valence-electron chi connectivity index (χ1n) is 28.4. The first kappa shape index (κ1) is 52.0. The Hall–Kier alpha value is -6.69. The first-order valence-corrected chi connectivity index (χ1v) is 42.4. The Balaban J connectivity index is 1.25. The summed E-state index contributed by atoms with van der Waals surface area (Å²) in [5.41, 5.74) is 13.1. The van der Waals surface area contributed by atoms with E-state index in [0.717, 1.165) is 55.3 Å². The number of fused-ring (bicyclic) bond motifs is 6. The van der Waals surface area contributed by atoms with E-state index in [1.807, 2.05) is 0 Å². The summed E-state index contributed by atoms with van der Waals surface area (Å²) in [5.74, 6) is 0.470. The van der Waals surface area contributed by atoms with Crippen LogP contribution in [0, 0.1) is 0 Å². The van der Waals surface area contributed by atoms with Crippen LogP contribution in [-0.2, 0) is 0 Å². The highest BCUT2D eigenvalue weighted by Gasteiger charge is 2.32. The van der Waals surface area contributed by atoms with Gasteiger partial charge in [0, 0.05) is 43.7 Å². The molecule has 0 aliphatic carbocycles. The highest BCUT2D eigenvalue weighted by atomic mass is 28.3. The molecule has 4 nitrogen and oxygen atoms in total. The summed E-state index contributed by atoms with van der Waals surface area (Å²) in [6.07, 6.45) is 0. The molecule has 0 saturated heterocycles. The predicted molar refractivity (Wildman–Crippen MR) is 354 cm³/mol. The van der Waals surface area contributed by atoms with Gasteiger partial charge in [-0.25, -0.2) is 0 Å². The lowest BCUT2D eigenvalue weighted by molar-refractivity contribution is 0.668. The van der Waals surface area contributed by atoms with E-state index in [0.29, 0.717) is 0 Å². The minimum absolute atomic E-state index is 0.235. The number of benzene rings is 10. The molecule has 0 saturated carbocycles. The number of anilines is 6. The van der Waals surface area contributed by atoms with Crippen molar-refractivity contribution in [2.75, 3.05) is 9.80 Å². The Morgan fingerprint density at radius 2 is 0.628 bits per heavy atom. The molecule has 2 heterocycles. The van der Waals surface area contributed by atoms with Crippen LogP contribution in [-0.4, -0.2) is 32.3 Å². The van der Waals surface area contributed by atoms with Gasteiger partial charge in [0.1, 0.15) is 11.2 Å². The number of rotatable bonds is 12. The number of hydrogen-bond acceptors (Lipinski definition) is 4. The minimum Gasteiger partial charge on any atom is -0.454 e. The summed E-state index contributed by atoms with van der Waals surface area (Å²) in [5, 5.41) is 18.1. The van der Waals surface area contributed by atoms with E-state index in [-0.39, 0.29) is 11.8 Å². The lowest BCUT2D eigenvalue weighted by atomic mass is 9.84. The van der Waals surface area contributed by atoms with Crippen LogP contribution in [0.15, 0.2) is 167 Å². The largest absolute Gasteiger partial charge is 0.454 e. The van der Waals surface area contributed by atoms with Gasteiger partial charge in [0.15, 0.2) is 11.2 Å². The number of furan rings is 2. The second kappa shape index (κ2) is 18.4. The van der Waals surface area contributed by atoms with Gasteiger partial charge in [0.25, 0.3) is 0 Å². The van der Waals surface area contributed by atoms with Gasteiger partial charge in [-0.05, 0) is 105 Å². The topological polar surface area (TPSA) is 32.8 Å². The van der Waals surface area contributed by atoms with Crippen molar-refractivity contribution in [2.24, 2.45) is 0 Å². The molecule has 0 bridgehead atoms. The number of para-hydroxylation sites is 4. The van der Waals surface area contributed by atoms with Gasteiger partial charge in [-0.2, -0.15) is 0 Å². The standard InChI is InChI=1S/C70H76N2O2Si4/c1-43(2)59-41-63(71(45-35-47(75(5,6)7)39-48(36-45)76(8,9)10)61-27-21-25-55-51-23-17-19-29-65(51)73-69(55)61)57-34-32-54-60(44(3)4)42-64(58-33-31-53(59)67(57)68(54)58)72(46-37-49(77(11,12)13)40-50(38-46)78(14,15)16)62-28-22-26-56-52-24-18-20-30-66(52)74-70(56)62/h17-44H,1-16H3. The SMILES string of the molecule is CC(C)c1cc(N(c2cc([Si](C)(C)C)cc([Si](C)(C)C)c2)c2cccc3c2oc2ccccc23)c2ccc3c(C(C)C)cc(N(c4cc([Si](C)(C)C)cc([Si](C)(C)C)c4)c4cccc5c4oc4ccccc45)c4ccc1c2c34. The molecule has 0 spiro atoms. The molecule has 0 aliphatic heterocycles. The zero-order valence-corrected chi connectivity index (χ0v) is 52.9. The lowest BCUT2D eigenvalue weighted by Crippen LogP contribution is -2.45. The Labute approximate surface area is 466 Å². The quantitative estimate of drug-likeness (QED) is 0.0902. The van der Waals surface area contributed by atoms with Crippen molar-refractivity contribution in [3.63, 3.8) is 0 Å². The van der Waals surface area contributed by atoms with Crippen LogP contribution in [0.3, 0.4) is 0 Å². The highest BCUT2D eigenvalue weighted by Crippen LogP contribution is 2.53. The van der Waals surface area contributed by atoms with Gasteiger partial charge >= 0.3 is 0 Å². The summed E-state index contributed by atoms with van der Waals surface area (Å²) >= 11 is 0. The average molecular weight is 1090 g/mol. The molecule has 10 aromatic carbocycles. The van der Waals surface area contributed by atoms with Crippen molar-refractivity contribution in [1.82, 2.24) is 0 Å². The van der Waals surface area contributed by atoms with Crippen molar-refractivity contribution in [1.29, 1.82) is 0 Å². The molecule has 0 atom stereocenters. The summed E-state index contributed by atoms with van der Waals surface area (Å²) in [6.45, 7) is 39.4. The Kier molecular flexibility index (Phi) is 12.3. The van der Waals surface area contributed by atoms with E-state index >= 15 is 0 Å². The third-order valence-electron chi connectivity index (χ3n) is 16.7. The zero-order chi connectivity index (χ0) is 55.1. The van der Waals surface area contributed by atoms with Crippen molar-refractivity contribution in [2.45, 2.75) is 118 Å². The molecule has 8 heteroatoms. The molecule has 2 aromatic heterocycles. The van der Waals surface area contributed by atoms with Crippen molar-refractivity contribution in [3.05, 3.63) is 169 Å². The molecular formula is C70H76N2O2Si4. The lowest BCUT2D eigenvalue weighted by Gasteiger charge is -2.33. The van der Waals surface area contributed by atoms with Crippen LogP contribution >= 0.6 is 0 Å². The van der Waals surface area contributed by atoms with E-state index in [1.54, 1.807) is 0 Å². The van der Waals surface area contributed by atoms with E-state index in [4.69, 9.17) is 8.83 Å². The molecular weight excluding hydrogens is 1010 g/mol. The van der Waals surface area contributed by atoms with Crippen molar-refractivity contribution < 1.29 is 8.83 Å². The normalized spacial score (nSPS) is 13.1. The number of nitrogens with zero attached hydrogens (tertiary/aromatic N) is 2. The summed E-state index contributed by atoms with van der Waals surface area (Å²) in [4.78, 5) is 5.18. The first-order chi connectivity index (χ1) is 36.9. The molecule has 0 aliphatic rings. The van der Waals surface area contributed by atoms with E-state index < -0.39 is 32.3 Å². The maximum absolute atomic E-state index is 7.05. The highest BCUT2D eigenvalue weighted by molar-refractivity contribution is 6.92. The maximum Gasteiger partial charge on any atom is 0.159 e. The van der Waals surface area contributed by atoms with E-state index in [2.05, 4.69) is 274 Å². The fraction of sp³-hybridized carbons (Fsp3) is 0.257. The van der Waals surface area contributed by atoms with Gasteiger partial charge in [0.2, 0.25) is 0 Å². The molecule has 12 aromatic rings. The molecule has 12 rings (SSSR count). The van der Waals surface area contributed by atoms with Crippen LogP contribution in [0.2, 0.25) is 78.6 Å². The maximum atomic E-state index is 7.05. The molecule has 0 unspecified atom stereocenters. The Bertz CT molecular complexity index is 4000. The van der Waals surface area contributed by atoms with Crippen LogP contribution in [0.25, 0.3) is 76.2 Å². The second-order valence-corrected chi connectivity index (χ2v) is 47.4. The third-order valence-corrected chi connectivity index (χ3v) is 24.8. The summed E-state index contributed by atoms with van der Waals surface area (Å²) in [7, 11) is -7.28. The monoisotopic (exact) mass is 1090 g/mol. The molecule has 0 amide bonds. The molecule has 78 heavy (non-hydrogen) atoms.